The third kappa shape index (κ3) is 6.57. The number of carbonyl (C=O) groups is 2. The van der Waals surface area contributed by atoms with Gasteiger partial charge in [-0.3, -0.25) is 19.7 Å². The van der Waals surface area contributed by atoms with Crippen molar-refractivity contribution in [3.63, 3.8) is 0 Å². The Kier molecular flexibility index (Phi) is 7.73. The molecule has 0 unspecified atom stereocenters. The maximum absolute atomic E-state index is 11.6. The monoisotopic (exact) mass is 390 g/mol. The number of hydrogen-bond donors (Lipinski definition) is 1. The van der Waals surface area contributed by atoms with Gasteiger partial charge < -0.3 is 14.2 Å². The van der Waals surface area contributed by atoms with E-state index in [1.165, 1.54) is 25.3 Å². The molecule has 10 nitrogen and oxygen atoms in total. The minimum absolute atomic E-state index is 0.00851. The van der Waals surface area contributed by atoms with Crippen molar-refractivity contribution in [1.82, 2.24) is 5.48 Å². The molecule has 0 aromatic heterocycles. The summed E-state index contributed by atoms with van der Waals surface area (Å²) < 4.78 is 14.8. The minimum atomic E-state index is -0.796. The van der Waals surface area contributed by atoms with Crippen LogP contribution in [0.1, 0.15) is 5.56 Å². The Morgan fingerprint density at radius 2 is 1.86 bits per heavy atom. The van der Waals surface area contributed by atoms with Crippen LogP contribution in [0, 0.1) is 10.1 Å². The molecule has 2 aromatic carbocycles. The summed E-state index contributed by atoms with van der Waals surface area (Å²) in [6.45, 7) is -0.856. The van der Waals surface area contributed by atoms with Gasteiger partial charge in [0.2, 0.25) is 5.75 Å². The molecule has 0 aliphatic carbocycles. The van der Waals surface area contributed by atoms with Crippen molar-refractivity contribution in [3.05, 3.63) is 64.2 Å². The summed E-state index contributed by atoms with van der Waals surface area (Å²) in [7, 11) is 1.28. The van der Waals surface area contributed by atoms with E-state index < -0.39 is 30.0 Å². The number of hydrogen-bond acceptors (Lipinski definition) is 8. The fraction of sp³-hybridized carbons (Fsp3) is 0.222. The van der Waals surface area contributed by atoms with E-state index in [0.29, 0.717) is 0 Å². The number of nitro benzene ring substituents is 1. The molecule has 0 saturated carbocycles. The number of hydroxylamine groups is 1. The lowest BCUT2D eigenvalue weighted by Crippen LogP contribution is -2.30. The van der Waals surface area contributed by atoms with Crippen molar-refractivity contribution < 1.29 is 33.6 Å². The number of amides is 1. The molecule has 0 aliphatic heterocycles. The van der Waals surface area contributed by atoms with Gasteiger partial charge in [-0.1, -0.05) is 30.3 Å². The lowest BCUT2D eigenvalue weighted by atomic mass is 10.2. The SMILES string of the molecule is COc1cc(OCC(=O)OCC(=O)NOCc2ccccc2)ccc1[N+](=O)[O-]. The number of nitro groups is 1. The van der Waals surface area contributed by atoms with Crippen molar-refractivity contribution in [2.24, 2.45) is 0 Å². The molecule has 10 heteroatoms. The summed E-state index contributed by atoms with van der Waals surface area (Å²) in [5.74, 6) is -1.27. The normalized spacial score (nSPS) is 10.0. The standard InChI is InChI=1S/C18H18N2O8/c1-25-16-9-14(7-8-15(16)20(23)24)26-12-18(22)27-11-17(21)19-28-10-13-5-3-2-4-6-13/h2-9H,10-12H2,1H3,(H,19,21). The molecule has 2 aromatic rings. The van der Waals surface area contributed by atoms with Gasteiger partial charge in [0, 0.05) is 12.1 Å². The molecule has 0 spiro atoms. The maximum atomic E-state index is 11.6. The number of nitrogens with zero attached hydrogens (tertiary/aromatic N) is 1. The quantitative estimate of drug-likeness (QED) is 0.369. The average Bonchev–Trinajstić information content (AvgIpc) is 2.71. The predicted octanol–water partition coefficient (Wildman–Crippen LogP) is 1.77. The molecule has 1 amide bonds. The number of benzene rings is 2. The average molecular weight is 390 g/mol. The largest absolute Gasteiger partial charge is 0.490 e. The summed E-state index contributed by atoms with van der Waals surface area (Å²) in [4.78, 5) is 38.4. The molecule has 0 radical (unpaired) electrons. The van der Waals surface area contributed by atoms with Gasteiger partial charge in [0.25, 0.3) is 5.91 Å². The molecular weight excluding hydrogens is 372 g/mol. The second-order valence-electron chi connectivity index (χ2n) is 5.34. The van der Waals surface area contributed by atoms with Crippen molar-refractivity contribution in [2.45, 2.75) is 6.61 Å². The van der Waals surface area contributed by atoms with Crippen molar-refractivity contribution >= 4 is 17.6 Å². The molecule has 1 N–H and O–H groups in total. The minimum Gasteiger partial charge on any atom is -0.490 e. The Morgan fingerprint density at radius 1 is 1.11 bits per heavy atom. The molecular formula is C18H18N2O8. The summed E-state index contributed by atoms with van der Waals surface area (Å²) in [5, 5.41) is 10.8. The highest BCUT2D eigenvalue weighted by atomic mass is 16.7. The first-order valence-corrected chi connectivity index (χ1v) is 8.05. The molecule has 0 saturated heterocycles. The van der Waals surface area contributed by atoms with E-state index in [9.17, 15) is 19.7 Å². The molecule has 0 bridgehead atoms. The predicted molar refractivity (Wildman–Crippen MR) is 95.5 cm³/mol. The molecule has 148 valence electrons. The van der Waals surface area contributed by atoms with Crippen molar-refractivity contribution in [2.75, 3.05) is 20.3 Å². The molecule has 0 aliphatic rings. The third-order valence-corrected chi connectivity index (χ3v) is 3.34. The smallest absolute Gasteiger partial charge is 0.344 e. The van der Waals surface area contributed by atoms with Gasteiger partial charge in [0.05, 0.1) is 18.6 Å². The van der Waals surface area contributed by atoms with Crippen LogP contribution in [0.5, 0.6) is 11.5 Å². The van der Waals surface area contributed by atoms with Crippen LogP contribution in [0.2, 0.25) is 0 Å². The zero-order valence-electron chi connectivity index (χ0n) is 15.0. The molecule has 0 fully saturated rings. The fourth-order valence-electron chi connectivity index (χ4n) is 2.03. The van der Waals surface area contributed by atoms with E-state index in [0.717, 1.165) is 5.56 Å². The molecule has 0 atom stereocenters. The Balaban J connectivity index is 1.69. The number of carbonyl (C=O) groups excluding carboxylic acids is 2. The lowest BCUT2D eigenvalue weighted by molar-refractivity contribution is -0.385. The topological polar surface area (TPSA) is 126 Å². The third-order valence-electron chi connectivity index (χ3n) is 3.34. The van der Waals surface area contributed by atoms with Gasteiger partial charge in [0.1, 0.15) is 5.75 Å². The highest BCUT2D eigenvalue weighted by Crippen LogP contribution is 2.30. The van der Waals surface area contributed by atoms with Crippen LogP contribution >= 0.6 is 0 Å². The Morgan fingerprint density at radius 3 is 2.54 bits per heavy atom. The van der Waals surface area contributed by atoms with Crippen LogP contribution in [-0.2, 0) is 25.8 Å². The van der Waals surface area contributed by atoms with Gasteiger partial charge in [-0.15, -0.1) is 0 Å². The van der Waals surface area contributed by atoms with E-state index in [1.54, 1.807) is 0 Å². The fourth-order valence-corrected chi connectivity index (χ4v) is 2.03. The summed E-state index contributed by atoms with van der Waals surface area (Å²) >= 11 is 0. The summed E-state index contributed by atoms with van der Waals surface area (Å²) in [5.41, 5.74) is 2.79. The van der Waals surface area contributed by atoms with Crippen LogP contribution in [-0.4, -0.2) is 37.1 Å². The maximum Gasteiger partial charge on any atom is 0.344 e. The van der Waals surface area contributed by atoms with Crippen LogP contribution in [0.4, 0.5) is 5.69 Å². The van der Waals surface area contributed by atoms with Crippen LogP contribution < -0.4 is 15.0 Å². The van der Waals surface area contributed by atoms with Crippen molar-refractivity contribution in [1.29, 1.82) is 0 Å². The molecule has 2 rings (SSSR count). The Hall–Kier alpha value is -3.66. The number of nitrogens with one attached hydrogen (secondary N) is 1. The second-order valence-corrected chi connectivity index (χ2v) is 5.34. The number of esters is 1. The van der Waals surface area contributed by atoms with Gasteiger partial charge in [-0.2, -0.15) is 0 Å². The van der Waals surface area contributed by atoms with Gasteiger partial charge >= 0.3 is 11.7 Å². The van der Waals surface area contributed by atoms with E-state index in [1.807, 2.05) is 30.3 Å². The van der Waals surface area contributed by atoms with E-state index in [-0.39, 0.29) is 23.8 Å². The van der Waals surface area contributed by atoms with Gasteiger partial charge in [-0.05, 0) is 11.6 Å². The van der Waals surface area contributed by atoms with Gasteiger partial charge in [0.15, 0.2) is 13.2 Å². The highest BCUT2D eigenvalue weighted by molar-refractivity contribution is 5.80. The van der Waals surface area contributed by atoms with E-state index in [2.05, 4.69) is 5.48 Å². The number of ether oxygens (including phenoxy) is 3. The first kappa shape index (κ1) is 20.6. The van der Waals surface area contributed by atoms with E-state index >= 15 is 0 Å². The Bertz CT molecular complexity index is 826. The van der Waals surface area contributed by atoms with E-state index in [4.69, 9.17) is 19.0 Å². The second kappa shape index (κ2) is 10.5. The Labute approximate surface area is 160 Å². The van der Waals surface area contributed by atoms with Crippen molar-refractivity contribution in [3.8, 4) is 11.5 Å². The van der Waals surface area contributed by atoms with Gasteiger partial charge in [-0.25, -0.2) is 10.3 Å². The first-order valence-electron chi connectivity index (χ1n) is 8.05. The molecule has 0 heterocycles. The highest BCUT2D eigenvalue weighted by Gasteiger charge is 2.16. The first-order chi connectivity index (χ1) is 13.5. The zero-order chi connectivity index (χ0) is 20.4. The number of rotatable bonds is 10. The summed E-state index contributed by atoms with van der Waals surface area (Å²) in [6.07, 6.45) is 0. The zero-order valence-corrected chi connectivity index (χ0v) is 15.0. The summed E-state index contributed by atoms with van der Waals surface area (Å²) in [6, 6.07) is 13.0. The number of methoxy groups -OCH3 is 1. The van der Waals surface area contributed by atoms with Crippen LogP contribution in [0.15, 0.2) is 48.5 Å². The molecule has 28 heavy (non-hydrogen) atoms. The van der Waals surface area contributed by atoms with Crippen LogP contribution in [0.3, 0.4) is 0 Å². The lowest BCUT2D eigenvalue weighted by Gasteiger charge is -2.09. The van der Waals surface area contributed by atoms with Crippen LogP contribution in [0.25, 0.3) is 0 Å².